The standard InChI is InChI=1S/C21H30BrFN3O6P/c1-12(2)31-21(28)15(5)26-33(29,32-19-8-7-16(22)9-18(19)23)30-11-13(3)17(10-24)20(27)14(4)25-6/h7-9,12,15,27H,6,10-11,24H2,1-5H3,(H,26,29)/b17-13+,20-14+/t15-,33?/m0/s1. The van der Waals surface area contributed by atoms with Gasteiger partial charge in [0.25, 0.3) is 0 Å². The molecule has 0 fully saturated rings. The van der Waals surface area contributed by atoms with Crippen LogP contribution in [0.25, 0.3) is 0 Å². The van der Waals surface area contributed by atoms with E-state index in [0.29, 0.717) is 15.6 Å². The molecule has 0 spiro atoms. The number of aliphatic hydroxyl groups excluding tert-OH is 1. The number of aliphatic hydroxyl groups is 1. The lowest BCUT2D eigenvalue weighted by atomic mass is 10.1. The van der Waals surface area contributed by atoms with Crippen molar-refractivity contribution in [3.63, 3.8) is 0 Å². The molecule has 0 aliphatic heterocycles. The van der Waals surface area contributed by atoms with Crippen LogP contribution in [0.3, 0.4) is 0 Å². The summed E-state index contributed by atoms with van der Waals surface area (Å²) in [5.74, 6) is -2.04. The third-order valence-electron chi connectivity index (χ3n) is 4.21. The van der Waals surface area contributed by atoms with Crippen LogP contribution in [0.4, 0.5) is 4.39 Å². The summed E-state index contributed by atoms with van der Waals surface area (Å²) in [6.45, 7) is 10.8. The first-order valence-electron chi connectivity index (χ1n) is 9.96. The van der Waals surface area contributed by atoms with Crippen molar-refractivity contribution in [1.29, 1.82) is 0 Å². The third kappa shape index (κ3) is 9.02. The van der Waals surface area contributed by atoms with Gasteiger partial charge in [-0.2, -0.15) is 5.09 Å². The number of hydrogen-bond donors (Lipinski definition) is 3. The third-order valence-corrected chi connectivity index (χ3v) is 6.31. The van der Waals surface area contributed by atoms with Crippen LogP contribution < -0.4 is 15.3 Å². The van der Waals surface area contributed by atoms with Gasteiger partial charge >= 0.3 is 13.7 Å². The highest BCUT2D eigenvalue weighted by atomic mass is 79.9. The van der Waals surface area contributed by atoms with Crippen LogP contribution in [-0.4, -0.2) is 43.1 Å². The van der Waals surface area contributed by atoms with Gasteiger partial charge in [-0.05, 0) is 65.1 Å². The summed E-state index contributed by atoms with van der Waals surface area (Å²) in [5.41, 5.74) is 6.69. The number of nitrogens with one attached hydrogen (secondary N) is 1. The van der Waals surface area contributed by atoms with Crippen LogP contribution >= 0.6 is 23.7 Å². The molecule has 0 heterocycles. The zero-order chi connectivity index (χ0) is 25.3. The van der Waals surface area contributed by atoms with E-state index < -0.39 is 31.7 Å². The van der Waals surface area contributed by atoms with E-state index in [9.17, 15) is 18.9 Å². The number of allylic oxidation sites excluding steroid dienone is 1. The highest BCUT2D eigenvalue weighted by molar-refractivity contribution is 9.10. The molecule has 0 aromatic heterocycles. The van der Waals surface area contributed by atoms with Gasteiger partial charge in [0.1, 0.15) is 11.8 Å². The lowest BCUT2D eigenvalue weighted by molar-refractivity contribution is -0.149. The maximum atomic E-state index is 14.3. The number of aliphatic imine (C=N–C) groups is 1. The molecule has 0 amide bonds. The fraction of sp³-hybridized carbons (Fsp3) is 0.429. The van der Waals surface area contributed by atoms with Gasteiger partial charge in [-0.25, -0.2) is 8.96 Å². The van der Waals surface area contributed by atoms with E-state index >= 15 is 0 Å². The van der Waals surface area contributed by atoms with Crippen LogP contribution in [0, 0.1) is 5.82 Å². The predicted molar refractivity (Wildman–Crippen MR) is 129 cm³/mol. The summed E-state index contributed by atoms with van der Waals surface area (Å²) in [7, 11) is -4.32. The molecule has 2 atom stereocenters. The van der Waals surface area contributed by atoms with Gasteiger partial charge in [-0.3, -0.25) is 14.3 Å². The second-order valence-corrected chi connectivity index (χ2v) is 9.94. The summed E-state index contributed by atoms with van der Waals surface area (Å²) in [6.07, 6.45) is -0.402. The van der Waals surface area contributed by atoms with Crippen LogP contribution in [0.1, 0.15) is 34.6 Å². The van der Waals surface area contributed by atoms with Crippen LogP contribution in [0.5, 0.6) is 5.75 Å². The van der Waals surface area contributed by atoms with Gasteiger partial charge in [0.2, 0.25) is 0 Å². The molecule has 1 unspecified atom stereocenters. The Balaban J connectivity index is 3.26. The predicted octanol–water partition coefficient (Wildman–Crippen LogP) is 4.79. The summed E-state index contributed by atoms with van der Waals surface area (Å²) in [6, 6.07) is 2.78. The summed E-state index contributed by atoms with van der Waals surface area (Å²) >= 11 is 3.13. The molecular weight excluding hydrogens is 520 g/mol. The van der Waals surface area contributed by atoms with Crippen molar-refractivity contribution in [2.45, 2.75) is 46.8 Å². The highest BCUT2D eigenvalue weighted by Gasteiger charge is 2.33. The number of nitrogens with two attached hydrogens (primary N) is 1. The van der Waals surface area contributed by atoms with Crippen LogP contribution in [0.2, 0.25) is 0 Å². The van der Waals surface area contributed by atoms with E-state index in [1.54, 1.807) is 27.7 Å². The topological polar surface area (TPSA) is 132 Å². The second kappa shape index (κ2) is 13.0. The lowest BCUT2D eigenvalue weighted by Gasteiger charge is -2.24. The molecule has 0 aliphatic rings. The van der Waals surface area contributed by atoms with E-state index in [0.717, 1.165) is 6.07 Å². The van der Waals surface area contributed by atoms with E-state index in [2.05, 4.69) is 32.7 Å². The maximum Gasteiger partial charge on any atom is 0.459 e. The minimum absolute atomic E-state index is 0.0646. The number of halogens is 2. The first kappa shape index (κ1) is 29.0. The Labute approximate surface area is 201 Å². The first-order valence-corrected chi connectivity index (χ1v) is 12.3. The van der Waals surface area contributed by atoms with E-state index in [1.165, 1.54) is 19.1 Å². The van der Waals surface area contributed by atoms with Gasteiger partial charge < -0.3 is 20.1 Å². The summed E-state index contributed by atoms with van der Waals surface area (Å²) in [4.78, 5) is 15.9. The molecule has 0 aliphatic carbocycles. The Morgan fingerprint density at radius 3 is 2.52 bits per heavy atom. The number of nitrogens with zero attached hydrogens (tertiary/aromatic N) is 1. The fourth-order valence-corrected chi connectivity index (χ4v) is 4.29. The lowest BCUT2D eigenvalue weighted by Crippen LogP contribution is -2.36. The number of rotatable bonds is 12. The minimum atomic E-state index is -4.32. The Morgan fingerprint density at radius 2 is 2.00 bits per heavy atom. The van der Waals surface area contributed by atoms with E-state index in [4.69, 9.17) is 19.5 Å². The van der Waals surface area contributed by atoms with Crippen molar-refractivity contribution in [2.24, 2.45) is 10.7 Å². The quantitative estimate of drug-likeness (QED) is 0.111. The van der Waals surface area contributed by atoms with Gasteiger partial charge in [0, 0.05) is 16.6 Å². The molecule has 0 saturated heterocycles. The monoisotopic (exact) mass is 549 g/mol. The molecule has 1 aromatic rings. The van der Waals surface area contributed by atoms with Crippen LogP contribution in [-0.2, 0) is 18.6 Å². The SMILES string of the molecule is C=N/C(C)=C(O)\C(CN)=C(/C)COP(=O)(N[C@@H](C)C(=O)OC(C)C)Oc1ccc(Br)cc1F. The van der Waals surface area contributed by atoms with Gasteiger partial charge in [-0.15, -0.1) is 0 Å². The smallest absolute Gasteiger partial charge is 0.459 e. The molecule has 1 rings (SSSR count). The summed E-state index contributed by atoms with van der Waals surface area (Å²) in [5, 5.41) is 12.8. The minimum Gasteiger partial charge on any atom is -0.506 e. The highest BCUT2D eigenvalue weighted by Crippen LogP contribution is 2.46. The fourth-order valence-electron chi connectivity index (χ4n) is 2.43. The Bertz CT molecular complexity index is 983. The average Bonchev–Trinajstić information content (AvgIpc) is 2.73. The molecule has 33 heavy (non-hydrogen) atoms. The van der Waals surface area contributed by atoms with Crippen molar-refractivity contribution in [2.75, 3.05) is 13.2 Å². The largest absolute Gasteiger partial charge is 0.506 e. The Kier molecular flexibility index (Phi) is 11.4. The molecule has 9 nitrogen and oxygen atoms in total. The van der Waals surface area contributed by atoms with Crippen molar-refractivity contribution in [3.8, 4) is 5.75 Å². The summed E-state index contributed by atoms with van der Waals surface area (Å²) < 4.78 is 44.2. The number of carbonyl (C=O) groups excluding carboxylic acids is 1. The number of benzene rings is 1. The van der Waals surface area contributed by atoms with Crippen molar-refractivity contribution < 1.29 is 32.6 Å². The number of esters is 1. The first-order chi connectivity index (χ1) is 15.3. The molecule has 4 N–H and O–H groups in total. The zero-order valence-electron chi connectivity index (χ0n) is 19.2. The molecule has 0 bridgehead atoms. The van der Waals surface area contributed by atoms with Gasteiger partial charge in [0.15, 0.2) is 11.6 Å². The van der Waals surface area contributed by atoms with E-state index in [-0.39, 0.29) is 30.4 Å². The molecule has 1 aromatic carbocycles. The number of carbonyl (C=O) groups is 1. The van der Waals surface area contributed by atoms with Crippen molar-refractivity contribution >= 4 is 36.4 Å². The van der Waals surface area contributed by atoms with Gasteiger partial charge in [-0.1, -0.05) is 15.9 Å². The van der Waals surface area contributed by atoms with E-state index in [1.807, 2.05) is 0 Å². The molecule has 184 valence electrons. The van der Waals surface area contributed by atoms with Crippen molar-refractivity contribution in [1.82, 2.24) is 5.09 Å². The molecular formula is C21H30BrFN3O6P. The second-order valence-electron chi connectivity index (χ2n) is 7.33. The number of hydrogen-bond acceptors (Lipinski definition) is 8. The van der Waals surface area contributed by atoms with Gasteiger partial charge in [0.05, 0.1) is 18.4 Å². The maximum absolute atomic E-state index is 14.3. The Morgan fingerprint density at radius 1 is 1.36 bits per heavy atom. The normalized spacial score (nSPS) is 15.8. The Hall–Kier alpha value is -2.04. The van der Waals surface area contributed by atoms with Crippen LogP contribution in [0.15, 0.2) is 50.3 Å². The molecule has 0 saturated carbocycles. The zero-order valence-corrected chi connectivity index (χ0v) is 21.7. The molecule has 0 radical (unpaired) electrons. The van der Waals surface area contributed by atoms with Crippen molar-refractivity contribution in [3.05, 3.63) is 51.1 Å². The average molecular weight is 550 g/mol. The number of ether oxygens (including phenoxy) is 1. The molecule has 12 heteroatoms.